The van der Waals surface area contributed by atoms with Gasteiger partial charge in [0.05, 0.1) is 16.7 Å². The summed E-state index contributed by atoms with van der Waals surface area (Å²) in [6.07, 6.45) is 1.69. The highest BCUT2D eigenvalue weighted by atomic mass is 16.6. The molecule has 2 unspecified atom stereocenters. The maximum Gasteiger partial charge on any atom is 0.287 e. The predicted octanol–water partition coefficient (Wildman–Crippen LogP) is 1.20. The molecule has 86 valence electrons. The molecule has 1 aromatic rings. The molecular weight excluding hydrogens is 212 g/mol. The number of rotatable bonds is 2. The van der Waals surface area contributed by atoms with E-state index in [1.54, 1.807) is 6.07 Å². The van der Waals surface area contributed by atoms with Gasteiger partial charge in [0.1, 0.15) is 12.3 Å². The minimum absolute atomic E-state index is 0.0416. The molecule has 2 heterocycles. The van der Waals surface area contributed by atoms with E-state index in [0.29, 0.717) is 25.1 Å². The van der Waals surface area contributed by atoms with Gasteiger partial charge in [0, 0.05) is 19.1 Å². The first-order chi connectivity index (χ1) is 7.66. The quantitative estimate of drug-likeness (QED) is 0.602. The van der Waals surface area contributed by atoms with Crippen LogP contribution in [0, 0.1) is 10.1 Å². The zero-order valence-corrected chi connectivity index (χ0v) is 8.57. The highest BCUT2D eigenvalue weighted by Crippen LogP contribution is 2.27. The molecule has 0 amide bonds. The van der Waals surface area contributed by atoms with Crippen molar-refractivity contribution in [3.63, 3.8) is 0 Å². The number of hydrogen-bond donors (Lipinski definition) is 1. The Bertz CT molecular complexity index is 379. The van der Waals surface area contributed by atoms with Crippen LogP contribution in [-0.2, 0) is 4.74 Å². The summed E-state index contributed by atoms with van der Waals surface area (Å²) >= 11 is 0. The van der Waals surface area contributed by atoms with E-state index >= 15 is 0 Å². The van der Waals surface area contributed by atoms with E-state index < -0.39 is 4.92 Å². The van der Waals surface area contributed by atoms with Crippen molar-refractivity contribution in [3.05, 3.63) is 34.1 Å². The Morgan fingerprint density at radius 3 is 2.94 bits per heavy atom. The van der Waals surface area contributed by atoms with Crippen molar-refractivity contribution < 1.29 is 14.8 Å². The molecule has 0 bridgehead atoms. The first-order valence-corrected chi connectivity index (χ1v) is 5.07. The van der Waals surface area contributed by atoms with Crippen LogP contribution in [0.3, 0.4) is 0 Å². The molecular formula is C10H12N2O4. The molecule has 2 atom stereocenters. The van der Waals surface area contributed by atoms with Gasteiger partial charge in [0.2, 0.25) is 0 Å². The van der Waals surface area contributed by atoms with Crippen molar-refractivity contribution in [3.8, 4) is 0 Å². The average Bonchev–Trinajstić information content (AvgIpc) is 2.29. The first-order valence-electron chi connectivity index (χ1n) is 5.07. The number of nitrogens with zero attached hydrogens (tertiary/aromatic N) is 2. The van der Waals surface area contributed by atoms with E-state index in [0.717, 1.165) is 0 Å². The van der Waals surface area contributed by atoms with Crippen LogP contribution in [0.5, 0.6) is 0 Å². The van der Waals surface area contributed by atoms with Gasteiger partial charge in [-0.05, 0) is 12.5 Å². The van der Waals surface area contributed by atoms with E-state index in [4.69, 9.17) is 4.74 Å². The van der Waals surface area contributed by atoms with E-state index in [9.17, 15) is 15.2 Å². The Morgan fingerprint density at radius 2 is 2.38 bits per heavy atom. The summed E-state index contributed by atoms with van der Waals surface area (Å²) in [5.74, 6) is 0. The molecule has 2 rings (SSSR count). The Kier molecular flexibility index (Phi) is 3.12. The second-order valence-corrected chi connectivity index (χ2v) is 3.74. The average molecular weight is 224 g/mol. The van der Waals surface area contributed by atoms with Gasteiger partial charge in [-0.3, -0.25) is 15.1 Å². The molecule has 1 N–H and O–H groups in total. The molecule has 6 nitrogen and oxygen atoms in total. The van der Waals surface area contributed by atoms with Gasteiger partial charge < -0.3 is 9.84 Å². The highest BCUT2D eigenvalue weighted by Gasteiger charge is 2.23. The molecule has 0 spiro atoms. The van der Waals surface area contributed by atoms with Crippen molar-refractivity contribution in [1.82, 2.24) is 4.98 Å². The Morgan fingerprint density at radius 1 is 1.56 bits per heavy atom. The van der Waals surface area contributed by atoms with Gasteiger partial charge in [-0.25, -0.2) is 0 Å². The number of hydrogen-bond acceptors (Lipinski definition) is 5. The fraction of sp³-hybridized carbons (Fsp3) is 0.500. The molecule has 6 heteroatoms. The van der Waals surface area contributed by atoms with Gasteiger partial charge in [-0.1, -0.05) is 0 Å². The summed E-state index contributed by atoms with van der Waals surface area (Å²) in [4.78, 5) is 13.9. The summed E-state index contributed by atoms with van der Waals surface area (Å²) in [5.41, 5.74) is 0.587. The summed E-state index contributed by atoms with van der Waals surface area (Å²) < 4.78 is 5.44. The second-order valence-electron chi connectivity index (χ2n) is 3.74. The van der Waals surface area contributed by atoms with Gasteiger partial charge in [-0.2, -0.15) is 0 Å². The van der Waals surface area contributed by atoms with Crippen LogP contribution < -0.4 is 0 Å². The van der Waals surface area contributed by atoms with Crippen molar-refractivity contribution >= 4 is 5.69 Å². The highest BCUT2D eigenvalue weighted by molar-refractivity contribution is 5.27. The summed E-state index contributed by atoms with van der Waals surface area (Å²) in [6, 6.07) is 2.97. The van der Waals surface area contributed by atoms with E-state index in [1.807, 2.05) is 0 Å². The predicted molar refractivity (Wildman–Crippen MR) is 54.8 cm³/mol. The first kappa shape index (κ1) is 11.0. The van der Waals surface area contributed by atoms with Crippen LogP contribution in [0.15, 0.2) is 18.3 Å². The lowest BCUT2D eigenvalue weighted by Crippen LogP contribution is -2.23. The normalized spacial score (nSPS) is 25.3. The molecule has 0 radical (unpaired) electrons. The number of aliphatic hydroxyl groups is 1. The van der Waals surface area contributed by atoms with Crippen LogP contribution >= 0.6 is 0 Å². The largest absolute Gasteiger partial charge is 0.393 e. The zero-order chi connectivity index (χ0) is 11.5. The minimum Gasteiger partial charge on any atom is -0.393 e. The molecule has 1 saturated heterocycles. The smallest absolute Gasteiger partial charge is 0.287 e. The number of nitro groups is 1. The monoisotopic (exact) mass is 224 g/mol. The van der Waals surface area contributed by atoms with Crippen molar-refractivity contribution in [2.45, 2.75) is 25.0 Å². The lowest BCUT2D eigenvalue weighted by molar-refractivity contribution is -0.385. The number of ether oxygens (including phenoxy) is 1. The SMILES string of the molecule is O=[N+]([O-])c1ccc(C2CC(O)CCO2)nc1. The molecule has 1 aliphatic rings. The summed E-state index contributed by atoms with van der Waals surface area (Å²) in [6.45, 7) is 0.491. The fourth-order valence-electron chi connectivity index (χ4n) is 1.68. The van der Waals surface area contributed by atoms with Gasteiger partial charge in [0.15, 0.2) is 0 Å². The Labute approximate surface area is 92.0 Å². The minimum atomic E-state index is -0.493. The lowest BCUT2D eigenvalue weighted by atomic mass is 10.0. The van der Waals surface area contributed by atoms with Gasteiger partial charge in [0.25, 0.3) is 5.69 Å². The van der Waals surface area contributed by atoms with Crippen molar-refractivity contribution in [1.29, 1.82) is 0 Å². The fourth-order valence-corrected chi connectivity index (χ4v) is 1.68. The van der Waals surface area contributed by atoms with Crippen molar-refractivity contribution in [2.75, 3.05) is 6.61 Å². The Hall–Kier alpha value is -1.53. The van der Waals surface area contributed by atoms with E-state index in [2.05, 4.69) is 4.98 Å². The maximum absolute atomic E-state index is 10.4. The van der Waals surface area contributed by atoms with E-state index in [-0.39, 0.29) is 17.9 Å². The molecule has 0 aliphatic carbocycles. The molecule has 0 aromatic carbocycles. The zero-order valence-electron chi connectivity index (χ0n) is 8.57. The third-order valence-corrected chi connectivity index (χ3v) is 2.57. The van der Waals surface area contributed by atoms with Crippen LogP contribution in [0.25, 0.3) is 0 Å². The van der Waals surface area contributed by atoms with Gasteiger partial charge in [-0.15, -0.1) is 0 Å². The maximum atomic E-state index is 10.4. The third kappa shape index (κ3) is 2.34. The molecule has 1 fully saturated rings. The molecule has 16 heavy (non-hydrogen) atoms. The summed E-state index contributed by atoms with van der Waals surface area (Å²) in [5, 5.41) is 19.9. The van der Waals surface area contributed by atoms with E-state index in [1.165, 1.54) is 12.3 Å². The van der Waals surface area contributed by atoms with Gasteiger partial charge >= 0.3 is 0 Å². The number of pyridine rings is 1. The van der Waals surface area contributed by atoms with Crippen LogP contribution in [0.4, 0.5) is 5.69 Å². The van der Waals surface area contributed by atoms with Crippen LogP contribution in [-0.4, -0.2) is 27.7 Å². The topological polar surface area (TPSA) is 85.5 Å². The molecule has 1 aromatic heterocycles. The van der Waals surface area contributed by atoms with Crippen molar-refractivity contribution in [2.24, 2.45) is 0 Å². The third-order valence-electron chi connectivity index (χ3n) is 2.57. The van der Waals surface area contributed by atoms with Crippen LogP contribution in [0.1, 0.15) is 24.6 Å². The second kappa shape index (κ2) is 4.54. The standard InChI is InChI=1S/C10H12N2O4/c13-8-3-4-16-10(5-8)9-2-1-7(6-11-9)12(14)15/h1-2,6,8,10,13H,3-5H2. The molecule has 0 saturated carbocycles. The lowest BCUT2D eigenvalue weighted by Gasteiger charge is -2.25. The number of aliphatic hydroxyl groups excluding tert-OH is 1. The summed E-state index contributed by atoms with van der Waals surface area (Å²) in [7, 11) is 0. The van der Waals surface area contributed by atoms with Crippen LogP contribution in [0.2, 0.25) is 0 Å². The number of aromatic nitrogens is 1. The molecule has 1 aliphatic heterocycles. The Balaban J connectivity index is 2.11.